The normalized spacial score (nSPS) is 11.1. The number of nitrogens with zero attached hydrogens (tertiary/aromatic N) is 3. The van der Waals surface area contributed by atoms with Crippen molar-refractivity contribution in [1.82, 2.24) is 14.7 Å². The SMILES string of the molecule is COCCN(CCO)C(=O)/C=C/c1cnn(C)c1. The topological polar surface area (TPSA) is 67.6 Å². The molecular weight excluding hydrogens is 234 g/mol. The first-order chi connectivity index (χ1) is 8.67. The van der Waals surface area contributed by atoms with Gasteiger partial charge in [0.15, 0.2) is 0 Å². The molecule has 0 spiro atoms. The average molecular weight is 253 g/mol. The van der Waals surface area contributed by atoms with Crippen molar-refractivity contribution in [3.05, 3.63) is 24.0 Å². The van der Waals surface area contributed by atoms with Crippen LogP contribution in [0.5, 0.6) is 0 Å². The van der Waals surface area contributed by atoms with Crippen molar-refractivity contribution < 1.29 is 14.6 Å². The van der Waals surface area contributed by atoms with Crippen molar-refractivity contribution in [2.45, 2.75) is 0 Å². The van der Waals surface area contributed by atoms with Gasteiger partial charge in [-0.25, -0.2) is 0 Å². The van der Waals surface area contributed by atoms with Gasteiger partial charge in [-0.05, 0) is 6.08 Å². The summed E-state index contributed by atoms with van der Waals surface area (Å²) >= 11 is 0. The van der Waals surface area contributed by atoms with Crippen LogP contribution in [0, 0.1) is 0 Å². The Kier molecular flexibility index (Phi) is 6.10. The van der Waals surface area contributed by atoms with Crippen LogP contribution in [0.3, 0.4) is 0 Å². The number of ether oxygens (including phenoxy) is 1. The van der Waals surface area contributed by atoms with Crippen LogP contribution >= 0.6 is 0 Å². The fourth-order valence-corrected chi connectivity index (χ4v) is 1.45. The molecule has 0 saturated heterocycles. The standard InChI is InChI=1S/C12H19N3O3/c1-14-10-11(9-13-14)3-4-12(17)15(5-7-16)6-8-18-2/h3-4,9-10,16H,5-8H2,1-2H3/b4-3+. The van der Waals surface area contributed by atoms with E-state index in [1.54, 1.807) is 24.1 Å². The summed E-state index contributed by atoms with van der Waals surface area (Å²) in [5, 5.41) is 12.9. The molecule has 6 heteroatoms. The van der Waals surface area contributed by atoms with Crippen molar-refractivity contribution in [1.29, 1.82) is 0 Å². The molecule has 1 rings (SSSR count). The zero-order valence-electron chi connectivity index (χ0n) is 10.7. The summed E-state index contributed by atoms with van der Waals surface area (Å²) in [7, 11) is 3.39. The van der Waals surface area contributed by atoms with Gasteiger partial charge >= 0.3 is 0 Å². The molecule has 1 heterocycles. The number of hydrogen-bond acceptors (Lipinski definition) is 4. The number of aryl methyl sites for hydroxylation is 1. The first kappa shape index (κ1) is 14.4. The van der Waals surface area contributed by atoms with Crippen LogP contribution in [0.25, 0.3) is 6.08 Å². The number of hydrogen-bond donors (Lipinski definition) is 1. The average Bonchev–Trinajstić information content (AvgIpc) is 2.77. The highest BCUT2D eigenvalue weighted by Gasteiger charge is 2.09. The van der Waals surface area contributed by atoms with E-state index in [1.807, 2.05) is 13.2 Å². The summed E-state index contributed by atoms with van der Waals surface area (Å²) in [4.78, 5) is 13.4. The molecule has 0 saturated carbocycles. The Bertz CT molecular complexity index is 401. The van der Waals surface area contributed by atoms with Crippen molar-refractivity contribution in [3.8, 4) is 0 Å². The third-order valence-corrected chi connectivity index (χ3v) is 2.39. The lowest BCUT2D eigenvalue weighted by molar-refractivity contribution is -0.127. The zero-order valence-corrected chi connectivity index (χ0v) is 10.7. The molecule has 1 aromatic rings. The Morgan fingerprint density at radius 3 is 2.94 bits per heavy atom. The van der Waals surface area contributed by atoms with Gasteiger partial charge in [-0.2, -0.15) is 5.10 Å². The van der Waals surface area contributed by atoms with Crippen molar-refractivity contribution in [2.24, 2.45) is 7.05 Å². The minimum absolute atomic E-state index is 0.0593. The van der Waals surface area contributed by atoms with E-state index < -0.39 is 0 Å². The van der Waals surface area contributed by atoms with Crippen LogP contribution in [-0.2, 0) is 16.6 Å². The smallest absolute Gasteiger partial charge is 0.246 e. The van der Waals surface area contributed by atoms with Crippen molar-refractivity contribution >= 4 is 12.0 Å². The summed E-state index contributed by atoms with van der Waals surface area (Å²) in [6.07, 6.45) is 6.67. The molecule has 0 aliphatic carbocycles. The van der Waals surface area contributed by atoms with Gasteiger partial charge in [0.05, 0.1) is 19.4 Å². The van der Waals surface area contributed by atoms with Crippen LogP contribution in [0.4, 0.5) is 0 Å². The molecule has 18 heavy (non-hydrogen) atoms. The second kappa shape index (κ2) is 7.62. The summed E-state index contributed by atoms with van der Waals surface area (Å²) in [5.74, 6) is -0.148. The number of aromatic nitrogens is 2. The third-order valence-electron chi connectivity index (χ3n) is 2.39. The molecule has 1 aromatic heterocycles. The first-order valence-electron chi connectivity index (χ1n) is 5.72. The van der Waals surface area contributed by atoms with E-state index in [0.717, 1.165) is 5.56 Å². The van der Waals surface area contributed by atoms with Crippen molar-refractivity contribution in [2.75, 3.05) is 33.4 Å². The van der Waals surface area contributed by atoms with Crippen LogP contribution in [0.2, 0.25) is 0 Å². The fraction of sp³-hybridized carbons (Fsp3) is 0.500. The van der Waals surface area contributed by atoms with Crippen LogP contribution in [0.15, 0.2) is 18.5 Å². The number of rotatable bonds is 7. The lowest BCUT2D eigenvalue weighted by atomic mass is 10.3. The monoisotopic (exact) mass is 253 g/mol. The minimum Gasteiger partial charge on any atom is -0.395 e. The van der Waals surface area contributed by atoms with Gasteiger partial charge in [0.1, 0.15) is 0 Å². The number of carbonyl (C=O) groups is 1. The maximum absolute atomic E-state index is 11.9. The second-order valence-corrected chi connectivity index (χ2v) is 3.82. The molecule has 0 atom stereocenters. The Labute approximate surface area is 106 Å². The lowest BCUT2D eigenvalue weighted by Crippen LogP contribution is -2.34. The van der Waals surface area contributed by atoms with E-state index in [2.05, 4.69) is 5.10 Å². The minimum atomic E-state index is -0.148. The van der Waals surface area contributed by atoms with E-state index in [-0.39, 0.29) is 12.5 Å². The number of carbonyl (C=O) groups excluding carboxylic acids is 1. The molecule has 100 valence electrons. The van der Waals surface area contributed by atoms with Crippen LogP contribution in [-0.4, -0.2) is 59.1 Å². The molecule has 0 aliphatic rings. The number of aliphatic hydroxyl groups is 1. The van der Waals surface area contributed by atoms with Crippen molar-refractivity contribution in [3.63, 3.8) is 0 Å². The Morgan fingerprint density at radius 2 is 2.39 bits per heavy atom. The fourth-order valence-electron chi connectivity index (χ4n) is 1.45. The molecule has 0 aromatic carbocycles. The van der Waals surface area contributed by atoms with Gasteiger partial charge in [-0.15, -0.1) is 0 Å². The van der Waals surface area contributed by atoms with Crippen LogP contribution < -0.4 is 0 Å². The molecule has 0 bridgehead atoms. The number of aliphatic hydroxyl groups excluding tert-OH is 1. The molecule has 6 nitrogen and oxygen atoms in total. The quantitative estimate of drug-likeness (QED) is 0.689. The highest BCUT2D eigenvalue weighted by Crippen LogP contribution is 2.01. The molecule has 1 amide bonds. The van der Waals surface area contributed by atoms with E-state index in [9.17, 15) is 4.79 Å². The van der Waals surface area contributed by atoms with Gasteiger partial charge in [-0.1, -0.05) is 0 Å². The molecule has 0 aliphatic heterocycles. The number of methoxy groups -OCH3 is 1. The Balaban J connectivity index is 2.57. The Hall–Kier alpha value is -1.66. The van der Waals surface area contributed by atoms with Gasteiger partial charge < -0.3 is 14.7 Å². The summed E-state index contributed by atoms with van der Waals surface area (Å²) in [6.45, 7) is 1.16. The maximum Gasteiger partial charge on any atom is 0.246 e. The number of amides is 1. The van der Waals surface area contributed by atoms with E-state index >= 15 is 0 Å². The van der Waals surface area contributed by atoms with E-state index in [0.29, 0.717) is 19.7 Å². The molecular formula is C12H19N3O3. The lowest BCUT2D eigenvalue weighted by Gasteiger charge is -2.19. The van der Waals surface area contributed by atoms with Gasteiger partial charge in [0.2, 0.25) is 5.91 Å². The molecule has 1 N–H and O–H groups in total. The predicted molar refractivity (Wildman–Crippen MR) is 67.8 cm³/mol. The third kappa shape index (κ3) is 4.68. The highest BCUT2D eigenvalue weighted by atomic mass is 16.5. The predicted octanol–water partition coefficient (Wildman–Crippen LogP) is -0.0994. The first-order valence-corrected chi connectivity index (χ1v) is 5.72. The maximum atomic E-state index is 11.9. The largest absolute Gasteiger partial charge is 0.395 e. The highest BCUT2D eigenvalue weighted by molar-refractivity contribution is 5.91. The molecule has 0 fully saturated rings. The van der Waals surface area contributed by atoms with E-state index in [1.165, 1.54) is 11.0 Å². The Morgan fingerprint density at radius 1 is 1.61 bits per heavy atom. The zero-order chi connectivity index (χ0) is 13.4. The molecule has 0 radical (unpaired) electrons. The summed E-state index contributed by atoms with van der Waals surface area (Å²) in [5.41, 5.74) is 0.863. The summed E-state index contributed by atoms with van der Waals surface area (Å²) < 4.78 is 6.59. The second-order valence-electron chi connectivity index (χ2n) is 3.82. The van der Waals surface area contributed by atoms with Crippen LogP contribution in [0.1, 0.15) is 5.56 Å². The van der Waals surface area contributed by atoms with Gasteiger partial charge in [-0.3, -0.25) is 9.48 Å². The van der Waals surface area contributed by atoms with Gasteiger partial charge in [0.25, 0.3) is 0 Å². The summed E-state index contributed by atoms with van der Waals surface area (Å²) in [6, 6.07) is 0. The van der Waals surface area contributed by atoms with Gasteiger partial charge in [0, 0.05) is 45.1 Å². The molecule has 0 unspecified atom stereocenters. The van der Waals surface area contributed by atoms with E-state index in [4.69, 9.17) is 9.84 Å².